The quantitative estimate of drug-likeness (QED) is 0.747. The highest BCUT2D eigenvalue weighted by Crippen LogP contribution is 2.36. The van der Waals surface area contributed by atoms with Crippen molar-refractivity contribution in [1.82, 2.24) is 9.55 Å². The minimum absolute atomic E-state index is 0.0513. The molecule has 0 bridgehead atoms. The molecule has 1 amide bonds. The number of carbonyl (C=O) groups is 1. The lowest BCUT2D eigenvalue weighted by molar-refractivity contribution is 0.101. The third-order valence-electron chi connectivity index (χ3n) is 4.22. The van der Waals surface area contributed by atoms with Crippen LogP contribution < -0.4 is 5.32 Å². The zero-order valence-electron chi connectivity index (χ0n) is 12.3. The number of hydrogen-bond acceptors (Lipinski definition) is 4. The molecule has 3 aromatic rings. The fourth-order valence-electron chi connectivity index (χ4n) is 3.25. The molecule has 0 aliphatic heterocycles. The molecule has 1 saturated carbocycles. The summed E-state index contributed by atoms with van der Waals surface area (Å²) in [5, 5.41) is 7.67. The van der Waals surface area contributed by atoms with Gasteiger partial charge in [-0.2, -0.15) is 0 Å². The maximum Gasteiger partial charge on any atom is 0.274 e. The van der Waals surface area contributed by atoms with E-state index in [1.165, 1.54) is 34.4 Å². The number of nitrogens with zero attached hydrogens (tertiary/aromatic N) is 2. The van der Waals surface area contributed by atoms with E-state index in [1.807, 2.05) is 18.4 Å². The van der Waals surface area contributed by atoms with Gasteiger partial charge in [-0.3, -0.25) is 10.1 Å². The Kier molecular flexibility index (Phi) is 3.50. The van der Waals surface area contributed by atoms with Crippen LogP contribution in [0.5, 0.6) is 0 Å². The van der Waals surface area contributed by atoms with E-state index in [0.717, 1.165) is 24.2 Å². The van der Waals surface area contributed by atoms with Gasteiger partial charge in [0.05, 0.1) is 15.9 Å². The van der Waals surface area contributed by atoms with E-state index in [0.29, 0.717) is 11.2 Å². The van der Waals surface area contributed by atoms with Gasteiger partial charge in [0, 0.05) is 11.4 Å². The van der Waals surface area contributed by atoms with E-state index in [1.54, 1.807) is 11.3 Å². The van der Waals surface area contributed by atoms with Crippen LogP contribution in [0.4, 0.5) is 5.13 Å². The van der Waals surface area contributed by atoms with Gasteiger partial charge in [0.1, 0.15) is 5.69 Å². The number of thiophene rings is 1. The van der Waals surface area contributed by atoms with Crippen LogP contribution in [0.1, 0.15) is 47.9 Å². The van der Waals surface area contributed by atoms with Crippen molar-refractivity contribution in [3.63, 3.8) is 0 Å². The molecule has 0 saturated heterocycles. The van der Waals surface area contributed by atoms with Gasteiger partial charge in [-0.1, -0.05) is 12.8 Å². The minimum atomic E-state index is -0.0513. The molecular formula is C16H17N3OS2. The maximum absolute atomic E-state index is 12.7. The Bertz CT molecular complexity index is 824. The highest BCUT2D eigenvalue weighted by Gasteiger charge is 2.25. The molecule has 0 radical (unpaired) electrons. The number of aryl methyl sites for hydroxylation is 1. The molecule has 3 heterocycles. The standard InChI is InChI=1S/C16H17N3OS2/c1-10-9-22-16(17-10)18-15(20)13-8-14-12(6-7-21-14)19(13)11-4-2-3-5-11/h6-9,11H,2-5H2,1H3,(H,17,18,20). The highest BCUT2D eigenvalue weighted by atomic mass is 32.1. The number of nitrogens with one attached hydrogen (secondary N) is 1. The van der Waals surface area contributed by atoms with Crippen LogP contribution in [0.3, 0.4) is 0 Å². The minimum Gasteiger partial charge on any atom is -0.333 e. The summed E-state index contributed by atoms with van der Waals surface area (Å²) in [6.07, 6.45) is 4.83. The third kappa shape index (κ3) is 2.36. The highest BCUT2D eigenvalue weighted by molar-refractivity contribution is 7.17. The van der Waals surface area contributed by atoms with Crippen LogP contribution in [0.15, 0.2) is 22.9 Å². The smallest absolute Gasteiger partial charge is 0.274 e. The Labute approximate surface area is 136 Å². The monoisotopic (exact) mass is 331 g/mol. The normalized spacial score (nSPS) is 15.7. The summed E-state index contributed by atoms with van der Waals surface area (Å²) >= 11 is 3.16. The number of hydrogen-bond donors (Lipinski definition) is 1. The largest absolute Gasteiger partial charge is 0.333 e. The number of anilines is 1. The molecule has 3 aromatic heterocycles. The molecular weight excluding hydrogens is 314 g/mol. The number of rotatable bonds is 3. The number of carbonyl (C=O) groups excluding carboxylic acids is 1. The predicted octanol–water partition coefficient (Wildman–Crippen LogP) is 4.84. The molecule has 0 atom stereocenters. The number of thiazole rings is 1. The van der Waals surface area contributed by atoms with Gasteiger partial charge in [0.2, 0.25) is 0 Å². The van der Waals surface area contributed by atoms with E-state index in [2.05, 4.69) is 26.3 Å². The van der Waals surface area contributed by atoms with Gasteiger partial charge < -0.3 is 4.57 Å². The van der Waals surface area contributed by atoms with Gasteiger partial charge >= 0.3 is 0 Å². The average Bonchev–Trinajstić information content (AvgIpc) is 3.20. The van der Waals surface area contributed by atoms with Crippen molar-refractivity contribution in [1.29, 1.82) is 0 Å². The first-order chi connectivity index (χ1) is 10.7. The zero-order chi connectivity index (χ0) is 15.1. The van der Waals surface area contributed by atoms with E-state index >= 15 is 0 Å². The summed E-state index contributed by atoms with van der Waals surface area (Å²) in [4.78, 5) is 17.0. The van der Waals surface area contributed by atoms with Crippen LogP contribution in [0.25, 0.3) is 10.2 Å². The van der Waals surface area contributed by atoms with Crippen LogP contribution in [0, 0.1) is 6.92 Å². The second-order valence-corrected chi connectivity index (χ2v) is 7.56. The van der Waals surface area contributed by atoms with Crippen LogP contribution >= 0.6 is 22.7 Å². The van der Waals surface area contributed by atoms with Gasteiger partial charge in [-0.15, -0.1) is 22.7 Å². The molecule has 6 heteroatoms. The Morgan fingerprint density at radius 2 is 2.18 bits per heavy atom. The molecule has 114 valence electrons. The van der Waals surface area contributed by atoms with E-state index in [-0.39, 0.29) is 5.91 Å². The molecule has 1 fully saturated rings. The van der Waals surface area contributed by atoms with Crippen molar-refractivity contribution >= 4 is 43.9 Å². The lowest BCUT2D eigenvalue weighted by atomic mass is 10.2. The third-order valence-corrected chi connectivity index (χ3v) is 5.95. The summed E-state index contributed by atoms with van der Waals surface area (Å²) in [6, 6.07) is 4.60. The summed E-state index contributed by atoms with van der Waals surface area (Å²) in [5.41, 5.74) is 2.89. The summed E-state index contributed by atoms with van der Waals surface area (Å²) in [7, 11) is 0. The second kappa shape index (κ2) is 5.52. The maximum atomic E-state index is 12.7. The molecule has 4 nitrogen and oxygen atoms in total. The molecule has 0 unspecified atom stereocenters. The second-order valence-electron chi connectivity index (χ2n) is 5.76. The molecule has 0 spiro atoms. The van der Waals surface area contributed by atoms with Crippen molar-refractivity contribution < 1.29 is 4.79 Å². The number of aromatic nitrogens is 2. The predicted molar refractivity (Wildman–Crippen MR) is 92.1 cm³/mol. The number of amides is 1. The van der Waals surface area contributed by atoms with Crippen molar-refractivity contribution in [3.05, 3.63) is 34.3 Å². The van der Waals surface area contributed by atoms with Crippen LogP contribution in [0.2, 0.25) is 0 Å². The molecule has 4 rings (SSSR count). The summed E-state index contributed by atoms with van der Waals surface area (Å²) in [6.45, 7) is 1.93. The first-order valence-electron chi connectivity index (χ1n) is 7.54. The summed E-state index contributed by atoms with van der Waals surface area (Å²) in [5.74, 6) is -0.0513. The Hall–Kier alpha value is -1.66. The average molecular weight is 331 g/mol. The van der Waals surface area contributed by atoms with Crippen molar-refractivity contribution in [2.24, 2.45) is 0 Å². The molecule has 1 N–H and O–H groups in total. The van der Waals surface area contributed by atoms with E-state index in [9.17, 15) is 4.79 Å². The lowest BCUT2D eigenvalue weighted by Gasteiger charge is -2.16. The molecule has 22 heavy (non-hydrogen) atoms. The number of fused-ring (bicyclic) bond motifs is 1. The molecule has 0 aromatic carbocycles. The van der Waals surface area contributed by atoms with E-state index < -0.39 is 0 Å². The van der Waals surface area contributed by atoms with Gasteiger partial charge in [0.25, 0.3) is 5.91 Å². The van der Waals surface area contributed by atoms with Crippen molar-refractivity contribution in [2.75, 3.05) is 5.32 Å². The van der Waals surface area contributed by atoms with Gasteiger partial charge in [0.15, 0.2) is 5.13 Å². The Morgan fingerprint density at radius 3 is 2.91 bits per heavy atom. The van der Waals surface area contributed by atoms with Crippen LogP contribution in [-0.4, -0.2) is 15.5 Å². The first kappa shape index (κ1) is 14.0. The Morgan fingerprint density at radius 1 is 1.36 bits per heavy atom. The first-order valence-corrected chi connectivity index (χ1v) is 9.30. The van der Waals surface area contributed by atoms with Gasteiger partial charge in [-0.05, 0) is 37.3 Å². The van der Waals surface area contributed by atoms with Gasteiger partial charge in [-0.25, -0.2) is 4.98 Å². The SMILES string of the molecule is Cc1csc(NC(=O)c2cc3sccc3n2C2CCCC2)n1. The van der Waals surface area contributed by atoms with E-state index in [4.69, 9.17) is 0 Å². The fraction of sp³-hybridized carbons (Fsp3) is 0.375. The molecule has 1 aliphatic rings. The fourth-order valence-corrected chi connectivity index (χ4v) is 4.74. The Balaban J connectivity index is 1.72. The van der Waals surface area contributed by atoms with Crippen LogP contribution in [-0.2, 0) is 0 Å². The zero-order valence-corrected chi connectivity index (χ0v) is 14.0. The summed E-state index contributed by atoms with van der Waals surface area (Å²) < 4.78 is 3.43. The topological polar surface area (TPSA) is 46.9 Å². The molecule has 1 aliphatic carbocycles. The van der Waals surface area contributed by atoms with Crippen molar-refractivity contribution in [3.8, 4) is 0 Å². The lowest BCUT2D eigenvalue weighted by Crippen LogP contribution is -2.19. The van der Waals surface area contributed by atoms with Crippen molar-refractivity contribution in [2.45, 2.75) is 38.6 Å².